The fourth-order valence-corrected chi connectivity index (χ4v) is 2.18. The molecule has 0 aromatic heterocycles. The van der Waals surface area contributed by atoms with Gasteiger partial charge in [0.05, 0.1) is 5.56 Å². The number of rotatable bonds is 4. The highest BCUT2D eigenvalue weighted by molar-refractivity contribution is 6.76. The number of hydrogen-bond donors (Lipinski definition) is 1. The zero-order chi connectivity index (χ0) is 15.6. The van der Waals surface area contributed by atoms with Crippen LogP contribution in [0.5, 0.6) is 0 Å². The molecule has 20 heavy (non-hydrogen) atoms. The van der Waals surface area contributed by atoms with E-state index in [0.717, 1.165) is 6.07 Å². The number of aldehydes is 1. The molecule has 0 aliphatic heterocycles. The van der Waals surface area contributed by atoms with Gasteiger partial charge in [-0.3, -0.25) is 9.59 Å². The highest BCUT2D eigenvalue weighted by atomic mass is 28.3. The number of carbonyl (C=O) groups excluding carboxylic acids is 2. The van der Waals surface area contributed by atoms with Crippen molar-refractivity contribution in [2.45, 2.75) is 25.8 Å². The van der Waals surface area contributed by atoms with Crippen molar-refractivity contribution in [2.24, 2.45) is 0 Å². The number of halogens is 3. The molecule has 0 saturated carbocycles. The predicted molar refractivity (Wildman–Crippen MR) is 72.5 cm³/mol. The Balaban J connectivity index is 3.03. The Morgan fingerprint density at radius 1 is 1.30 bits per heavy atom. The molecule has 0 atom stereocenters. The first-order valence-corrected chi connectivity index (χ1v) is 9.70. The summed E-state index contributed by atoms with van der Waals surface area (Å²) >= 11 is 0. The Morgan fingerprint density at radius 2 is 1.90 bits per heavy atom. The molecule has 0 saturated heterocycles. The Labute approximate surface area is 116 Å². The van der Waals surface area contributed by atoms with Crippen molar-refractivity contribution >= 4 is 20.3 Å². The summed E-state index contributed by atoms with van der Waals surface area (Å²) in [5, 5.41) is 2.62. The van der Waals surface area contributed by atoms with Gasteiger partial charge >= 0.3 is 6.18 Å². The molecule has 0 bridgehead atoms. The van der Waals surface area contributed by atoms with Crippen LogP contribution in [0.4, 0.5) is 13.2 Å². The van der Waals surface area contributed by atoms with E-state index in [0.29, 0.717) is 12.2 Å². The number of benzene rings is 1. The third kappa shape index (κ3) is 4.48. The molecular weight excluding hydrogens is 287 g/mol. The van der Waals surface area contributed by atoms with Crippen molar-refractivity contribution in [3.8, 4) is 0 Å². The molecule has 0 unspecified atom stereocenters. The van der Waals surface area contributed by atoms with E-state index in [1.54, 1.807) is 0 Å². The molecule has 3 nitrogen and oxygen atoms in total. The fraction of sp³-hybridized carbons (Fsp3) is 0.385. The van der Waals surface area contributed by atoms with Gasteiger partial charge in [0.2, 0.25) is 5.91 Å². The lowest BCUT2D eigenvalue weighted by Crippen LogP contribution is -2.39. The van der Waals surface area contributed by atoms with E-state index in [2.05, 4.69) is 5.32 Å². The third-order valence-corrected chi connectivity index (χ3v) is 3.76. The van der Waals surface area contributed by atoms with Crippen LogP contribution in [0, 0.1) is 0 Å². The summed E-state index contributed by atoms with van der Waals surface area (Å²) in [5.41, 5.74) is -1.66. The van der Waals surface area contributed by atoms with Crippen molar-refractivity contribution in [2.75, 3.05) is 6.17 Å². The second-order valence-electron chi connectivity index (χ2n) is 5.66. The average Bonchev–Trinajstić information content (AvgIpc) is 2.33. The summed E-state index contributed by atoms with van der Waals surface area (Å²) in [6, 6.07) is 2.95. The van der Waals surface area contributed by atoms with E-state index in [9.17, 15) is 22.8 Å². The van der Waals surface area contributed by atoms with E-state index in [1.807, 2.05) is 19.6 Å². The van der Waals surface area contributed by atoms with E-state index in [1.165, 1.54) is 6.07 Å². The van der Waals surface area contributed by atoms with Gasteiger partial charge in [0.1, 0.15) is 0 Å². The van der Waals surface area contributed by atoms with Crippen molar-refractivity contribution in [3.63, 3.8) is 0 Å². The van der Waals surface area contributed by atoms with Crippen molar-refractivity contribution in [1.29, 1.82) is 0 Å². The minimum atomic E-state index is -4.66. The molecule has 1 N–H and O–H groups in total. The lowest BCUT2D eigenvalue weighted by Gasteiger charge is -2.27. The summed E-state index contributed by atoms with van der Waals surface area (Å²) in [4.78, 5) is 22.4. The second-order valence-corrected chi connectivity index (χ2v) is 11.1. The molecular formula is C13H16F3NO2Si-. The van der Waals surface area contributed by atoms with Gasteiger partial charge in [-0.15, -0.1) is 8.07 Å². The first kappa shape index (κ1) is 16.4. The Kier molecular flexibility index (Phi) is 4.75. The van der Waals surface area contributed by atoms with Crippen LogP contribution in [0.1, 0.15) is 26.3 Å². The van der Waals surface area contributed by atoms with Crippen molar-refractivity contribution < 1.29 is 22.8 Å². The van der Waals surface area contributed by atoms with Crippen LogP contribution in [0.2, 0.25) is 19.6 Å². The smallest absolute Gasteiger partial charge is 0.383 e. The number of nitrogens with one attached hydrogen (secondary N) is 1. The maximum absolute atomic E-state index is 12.8. The number of hydrogen-bond acceptors (Lipinski definition) is 2. The number of carbonyl (C=O) groups is 2. The molecule has 7 heteroatoms. The Morgan fingerprint density at radius 3 is 2.35 bits per heavy atom. The highest BCUT2D eigenvalue weighted by Crippen LogP contribution is 2.32. The monoisotopic (exact) mass is 303 g/mol. The molecule has 0 fully saturated rings. The van der Waals surface area contributed by atoms with Crippen LogP contribution >= 0.6 is 0 Å². The van der Waals surface area contributed by atoms with Gasteiger partial charge in [-0.05, 0) is 12.1 Å². The maximum Gasteiger partial charge on any atom is 0.417 e. The van der Waals surface area contributed by atoms with E-state index < -0.39 is 31.3 Å². The van der Waals surface area contributed by atoms with E-state index in [-0.39, 0.29) is 11.8 Å². The van der Waals surface area contributed by atoms with Gasteiger partial charge in [-0.25, -0.2) is 0 Å². The predicted octanol–water partition coefficient (Wildman–Crippen LogP) is 3.13. The van der Waals surface area contributed by atoms with Gasteiger partial charge in [-0.2, -0.15) is 32.8 Å². The maximum atomic E-state index is 12.8. The quantitative estimate of drug-likeness (QED) is 0.686. The van der Waals surface area contributed by atoms with Crippen LogP contribution in [-0.2, 0) is 6.18 Å². The summed E-state index contributed by atoms with van der Waals surface area (Å²) in [6.07, 6.45) is -4.06. The Hall–Kier alpha value is -1.63. The largest absolute Gasteiger partial charge is 0.417 e. The second kappa shape index (κ2) is 5.78. The zero-order valence-electron chi connectivity index (χ0n) is 11.5. The number of amides is 1. The minimum Gasteiger partial charge on any atom is -0.383 e. The molecule has 0 radical (unpaired) electrons. The topological polar surface area (TPSA) is 46.2 Å². The summed E-state index contributed by atoms with van der Waals surface area (Å²) in [6.45, 7) is 6.09. The molecule has 1 aromatic carbocycles. The van der Waals surface area contributed by atoms with Crippen molar-refractivity contribution in [1.82, 2.24) is 5.32 Å². The van der Waals surface area contributed by atoms with E-state index in [4.69, 9.17) is 0 Å². The van der Waals surface area contributed by atoms with Gasteiger partial charge < -0.3 is 5.32 Å². The average molecular weight is 303 g/mol. The third-order valence-electron chi connectivity index (χ3n) is 2.53. The van der Waals surface area contributed by atoms with Crippen molar-refractivity contribution in [3.05, 3.63) is 34.9 Å². The molecule has 0 aliphatic rings. The van der Waals surface area contributed by atoms with Gasteiger partial charge in [-0.1, -0.05) is 12.2 Å². The van der Waals surface area contributed by atoms with Crippen LogP contribution in [-0.4, -0.2) is 26.4 Å². The Bertz CT molecular complexity index is 521. The molecule has 111 valence electrons. The molecule has 0 heterocycles. The van der Waals surface area contributed by atoms with Gasteiger partial charge in [0.15, 0.2) is 6.29 Å². The van der Waals surface area contributed by atoms with Gasteiger partial charge in [0.25, 0.3) is 0 Å². The molecule has 1 aromatic rings. The summed E-state index contributed by atoms with van der Waals surface area (Å²) in [7, 11) is -1.53. The summed E-state index contributed by atoms with van der Waals surface area (Å²) < 4.78 is 38.3. The SMILES string of the molecule is C[Si-](C)(C)CNC(=O)c1ccc(C=O)c(C(F)(F)F)c1. The first-order valence-electron chi connectivity index (χ1n) is 5.99. The lowest BCUT2D eigenvalue weighted by molar-refractivity contribution is -0.137. The zero-order valence-corrected chi connectivity index (χ0v) is 12.5. The van der Waals surface area contributed by atoms with Crippen LogP contribution < -0.4 is 5.32 Å². The molecule has 0 aliphatic carbocycles. The molecule has 0 spiro atoms. The normalized spacial score (nSPS) is 12.1. The van der Waals surface area contributed by atoms with E-state index >= 15 is 0 Å². The minimum absolute atomic E-state index is 0.0961. The van der Waals surface area contributed by atoms with Crippen LogP contribution in [0.25, 0.3) is 0 Å². The standard InChI is InChI=1S/C13H16F3NO2Si/c1-20(2,3)8-17-12(19)9-4-5-10(7-18)11(6-9)13(14,15)16/h4-7H,8H2,1-3H3,(H,17,19)/q-1. The lowest BCUT2D eigenvalue weighted by atomic mass is 10.0. The van der Waals surface area contributed by atoms with Crippen LogP contribution in [0.15, 0.2) is 18.2 Å². The molecule has 1 amide bonds. The molecule has 1 rings (SSSR count). The fourth-order valence-electron chi connectivity index (χ4n) is 1.49. The van der Waals surface area contributed by atoms with Crippen LogP contribution in [0.3, 0.4) is 0 Å². The van der Waals surface area contributed by atoms with Gasteiger partial charge in [0, 0.05) is 11.1 Å². The summed E-state index contributed by atoms with van der Waals surface area (Å²) in [5.74, 6) is -0.560. The first-order chi connectivity index (χ1) is 9.04. The highest BCUT2D eigenvalue weighted by Gasteiger charge is 2.34. The number of alkyl halides is 3.